The number of amides is 5. The summed E-state index contributed by atoms with van der Waals surface area (Å²) in [6, 6.07) is 8.16. The lowest BCUT2D eigenvalue weighted by atomic mass is 9.97. The van der Waals surface area contributed by atoms with E-state index in [1.54, 1.807) is 33.2 Å². The number of carboxylic acid groups (broad SMARTS) is 1. The molecule has 0 aliphatic heterocycles. The van der Waals surface area contributed by atoms with Gasteiger partial charge in [0.15, 0.2) is 0 Å². The minimum atomic E-state index is -1.61. The Kier molecular flexibility index (Phi) is 14.5. The first-order chi connectivity index (χ1) is 26.1. The van der Waals surface area contributed by atoms with Crippen LogP contribution in [0.3, 0.4) is 0 Å². The fraction of sp³-hybridized carbons (Fsp3) is 0.436. The number of H-pyrrole nitrogens is 2. The van der Waals surface area contributed by atoms with E-state index in [4.69, 9.17) is 5.73 Å². The first-order valence-electron chi connectivity index (χ1n) is 18.4. The zero-order chi connectivity index (χ0) is 40.4. The van der Waals surface area contributed by atoms with Crippen LogP contribution in [-0.2, 0) is 41.6 Å². The number of carbonyl (C=O) groups excluding carboxylic acids is 5. The van der Waals surface area contributed by atoms with E-state index in [0.717, 1.165) is 21.8 Å². The fourth-order valence-electron chi connectivity index (χ4n) is 6.34. The highest BCUT2D eigenvalue weighted by Crippen LogP contribution is 2.21. The number of hydrogen-bond acceptors (Lipinski definition) is 8. The van der Waals surface area contributed by atoms with Crippen LogP contribution in [0.15, 0.2) is 60.9 Å². The molecule has 0 bridgehead atoms. The number of nitrogens with one attached hydrogen (secondary N) is 7. The molecular weight excluding hydrogens is 708 g/mol. The lowest BCUT2D eigenvalue weighted by Crippen LogP contribution is -2.62. The lowest BCUT2D eigenvalue weighted by Gasteiger charge is -2.29. The van der Waals surface area contributed by atoms with Crippen molar-refractivity contribution in [2.75, 3.05) is 6.54 Å². The van der Waals surface area contributed by atoms with E-state index in [-0.39, 0.29) is 25.3 Å². The summed E-state index contributed by atoms with van der Waals surface area (Å²) < 4.78 is 0. The number of nitrogens with two attached hydrogens (primary N) is 1. The number of carbonyl (C=O) groups is 6. The topological polar surface area (TPSA) is 261 Å². The van der Waals surface area contributed by atoms with Crippen LogP contribution in [0.4, 0.5) is 0 Å². The van der Waals surface area contributed by atoms with Crippen molar-refractivity contribution in [3.05, 3.63) is 72.1 Å². The van der Waals surface area contributed by atoms with Crippen molar-refractivity contribution in [2.45, 2.75) is 90.2 Å². The quantitative estimate of drug-likeness (QED) is 0.0653. The zero-order valence-corrected chi connectivity index (χ0v) is 31.6. The van der Waals surface area contributed by atoms with Crippen LogP contribution < -0.4 is 32.3 Å². The third-order valence-corrected chi connectivity index (χ3v) is 9.75. The Bertz CT molecular complexity index is 1990. The van der Waals surface area contributed by atoms with Gasteiger partial charge in [-0.15, -0.1) is 0 Å². The van der Waals surface area contributed by atoms with Gasteiger partial charge >= 0.3 is 5.97 Å². The Labute approximate surface area is 318 Å². The van der Waals surface area contributed by atoms with Gasteiger partial charge in [0.2, 0.25) is 29.5 Å². The normalized spacial score (nSPS) is 15.3. The number of hydrogen-bond donors (Lipinski definition) is 10. The van der Waals surface area contributed by atoms with Gasteiger partial charge in [-0.3, -0.25) is 24.0 Å². The van der Waals surface area contributed by atoms with Crippen molar-refractivity contribution < 1.29 is 39.0 Å². The third-order valence-electron chi connectivity index (χ3n) is 9.75. The fourth-order valence-corrected chi connectivity index (χ4v) is 6.34. The van der Waals surface area contributed by atoms with Crippen molar-refractivity contribution in [1.29, 1.82) is 0 Å². The molecule has 0 saturated heterocycles. The Hall–Kier alpha value is -5.74. The van der Waals surface area contributed by atoms with Crippen LogP contribution in [0.25, 0.3) is 21.8 Å². The average molecular weight is 761 g/mol. The molecule has 296 valence electrons. The summed E-state index contributed by atoms with van der Waals surface area (Å²) >= 11 is 0. The Morgan fingerprint density at radius 1 is 0.655 bits per heavy atom. The van der Waals surface area contributed by atoms with E-state index >= 15 is 0 Å². The lowest BCUT2D eigenvalue weighted by molar-refractivity contribution is -0.143. The molecular formula is C39H52N8O8. The SMILES string of the molecule is CC[C@H](C)[C@H](NC(=O)CN)C(=O)N[C@@H](Cc1c[nH]c2ccccc12)C(=O)N[C@H](C(=O)N[C@@H](Cc1c[nH]c2ccccc12)C(=O)N[C@H](C(=O)O)C(C)C)[C@@H](C)O. The van der Waals surface area contributed by atoms with Gasteiger partial charge in [-0.25, -0.2) is 4.79 Å². The molecule has 0 aliphatic rings. The molecule has 2 heterocycles. The van der Waals surface area contributed by atoms with Crippen molar-refractivity contribution in [1.82, 2.24) is 36.6 Å². The van der Waals surface area contributed by atoms with Crippen LogP contribution in [0, 0.1) is 11.8 Å². The number of carboxylic acids is 1. The number of aromatic amines is 2. The van der Waals surface area contributed by atoms with Gasteiger partial charge in [0.1, 0.15) is 30.2 Å². The number of para-hydroxylation sites is 2. The first kappa shape index (κ1) is 42.0. The molecule has 16 heteroatoms. The predicted octanol–water partition coefficient (Wildman–Crippen LogP) is 0.985. The molecule has 5 amide bonds. The highest BCUT2D eigenvalue weighted by Gasteiger charge is 2.36. The summed E-state index contributed by atoms with van der Waals surface area (Å²) in [5.41, 5.74) is 8.41. The summed E-state index contributed by atoms with van der Waals surface area (Å²) in [5.74, 6) is -5.81. The van der Waals surface area contributed by atoms with Gasteiger partial charge in [0, 0.05) is 47.0 Å². The molecule has 2 aromatic carbocycles. The predicted molar refractivity (Wildman–Crippen MR) is 206 cm³/mol. The van der Waals surface area contributed by atoms with Gasteiger partial charge in [-0.1, -0.05) is 70.5 Å². The summed E-state index contributed by atoms with van der Waals surface area (Å²) in [7, 11) is 0. The van der Waals surface area contributed by atoms with Gasteiger partial charge < -0.3 is 52.5 Å². The van der Waals surface area contributed by atoms with E-state index in [1.165, 1.54) is 6.92 Å². The van der Waals surface area contributed by atoms with Gasteiger partial charge in [0.05, 0.1) is 12.6 Å². The maximum absolute atomic E-state index is 14.1. The zero-order valence-electron chi connectivity index (χ0n) is 31.6. The van der Waals surface area contributed by atoms with Crippen molar-refractivity contribution >= 4 is 57.3 Å². The summed E-state index contributed by atoms with van der Waals surface area (Å²) in [6.07, 6.45) is 2.33. The van der Waals surface area contributed by atoms with Crippen LogP contribution >= 0.6 is 0 Å². The summed E-state index contributed by atoms with van der Waals surface area (Å²) in [4.78, 5) is 86.0. The number of fused-ring (bicyclic) bond motifs is 2. The largest absolute Gasteiger partial charge is 0.480 e. The van der Waals surface area contributed by atoms with Crippen LogP contribution in [-0.4, -0.2) is 98.5 Å². The van der Waals surface area contributed by atoms with E-state index in [1.807, 2.05) is 55.5 Å². The molecule has 0 spiro atoms. The molecule has 4 rings (SSSR count). The molecule has 55 heavy (non-hydrogen) atoms. The number of aliphatic carboxylic acids is 1. The molecule has 16 nitrogen and oxygen atoms in total. The number of rotatable bonds is 19. The third kappa shape index (κ3) is 10.7. The summed E-state index contributed by atoms with van der Waals surface area (Å²) in [5, 5.41) is 35.2. The first-order valence-corrected chi connectivity index (χ1v) is 18.4. The number of aliphatic hydroxyl groups excluding tert-OH is 1. The number of aliphatic hydroxyl groups is 1. The van der Waals surface area contributed by atoms with Crippen LogP contribution in [0.2, 0.25) is 0 Å². The molecule has 0 saturated carbocycles. The monoisotopic (exact) mass is 760 g/mol. The van der Waals surface area contributed by atoms with Crippen LogP contribution in [0.5, 0.6) is 0 Å². The molecule has 7 atom stereocenters. The second kappa shape index (κ2) is 19.0. The standard InChI is InChI=1S/C39H52N8O8/c1-6-21(4)33(45-31(49)17-40)37(52)43-30(16-24-19-42-28-14-10-8-12-26(24)28)36(51)47-34(22(5)48)38(53)44-29(35(50)46-32(20(2)3)39(54)55)15-23-18-41-27-13-9-7-11-25(23)27/h7-14,18-22,29-30,32-34,41-42,48H,6,15-17,40H2,1-5H3,(H,43,52)(H,44,53)(H,45,49)(H,46,50)(H,47,51)(H,54,55)/t21-,22+,29-,30-,32-,33-,34-/m0/s1. The molecule has 2 aromatic heterocycles. The van der Waals surface area contributed by atoms with Gasteiger partial charge in [-0.05, 0) is 42.0 Å². The molecule has 0 unspecified atom stereocenters. The van der Waals surface area contributed by atoms with Crippen molar-refractivity contribution in [3.8, 4) is 0 Å². The average Bonchev–Trinajstić information content (AvgIpc) is 3.77. The minimum Gasteiger partial charge on any atom is -0.480 e. The molecule has 0 fully saturated rings. The molecule has 0 radical (unpaired) electrons. The maximum Gasteiger partial charge on any atom is 0.326 e. The molecule has 4 aromatic rings. The van der Waals surface area contributed by atoms with E-state index in [0.29, 0.717) is 17.5 Å². The van der Waals surface area contributed by atoms with E-state index in [2.05, 4.69) is 36.6 Å². The molecule has 11 N–H and O–H groups in total. The Morgan fingerprint density at radius 2 is 1.11 bits per heavy atom. The number of aromatic nitrogens is 2. The van der Waals surface area contributed by atoms with Crippen molar-refractivity contribution in [3.63, 3.8) is 0 Å². The van der Waals surface area contributed by atoms with Gasteiger partial charge in [0.25, 0.3) is 0 Å². The minimum absolute atomic E-state index is 0.0365. The van der Waals surface area contributed by atoms with E-state index in [9.17, 15) is 39.0 Å². The van der Waals surface area contributed by atoms with E-state index < -0.39 is 77.7 Å². The highest BCUT2D eigenvalue weighted by atomic mass is 16.4. The Morgan fingerprint density at radius 3 is 1.53 bits per heavy atom. The highest BCUT2D eigenvalue weighted by molar-refractivity contribution is 5.97. The summed E-state index contributed by atoms with van der Waals surface area (Å²) in [6.45, 7) is 7.82. The van der Waals surface area contributed by atoms with Gasteiger partial charge in [-0.2, -0.15) is 0 Å². The second-order valence-electron chi connectivity index (χ2n) is 14.2. The smallest absolute Gasteiger partial charge is 0.326 e. The van der Waals surface area contributed by atoms with Crippen molar-refractivity contribution in [2.24, 2.45) is 17.6 Å². The second-order valence-corrected chi connectivity index (χ2v) is 14.2. The maximum atomic E-state index is 14.1. The number of benzene rings is 2. The van der Waals surface area contributed by atoms with Crippen LogP contribution in [0.1, 0.15) is 52.2 Å². The Balaban J connectivity index is 1.63. The molecule has 0 aliphatic carbocycles.